The van der Waals surface area contributed by atoms with Gasteiger partial charge in [-0.25, -0.2) is 14.5 Å². The molecule has 4 aromatic heterocycles. The standard InChI is InChI=1S/C24H25N5O5S2/c1-30-12-15-5-4-6-28(15)22-25-14(13-35-22)11-33-19-7-16(31-2)8-20-17(19)9-21(34-20)18-10-29-23(26-18)36-24(27-29)32-3/h7-10,13,15H,4-6,11-12H2,1-3H3. The van der Waals surface area contributed by atoms with E-state index in [1.165, 1.54) is 11.3 Å². The molecular weight excluding hydrogens is 502 g/mol. The maximum absolute atomic E-state index is 6.23. The van der Waals surface area contributed by atoms with Crippen LogP contribution in [0.5, 0.6) is 16.7 Å². The van der Waals surface area contributed by atoms with Gasteiger partial charge in [-0.2, -0.15) is 0 Å². The number of benzene rings is 1. The minimum Gasteiger partial charge on any atom is -0.496 e. The Labute approximate surface area is 215 Å². The summed E-state index contributed by atoms with van der Waals surface area (Å²) in [7, 11) is 4.96. The van der Waals surface area contributed by atoms with Gasteiger partial charge in [-0.15, -0.1) is 16.4 Å². The van der Waals surface area contributed by atoms with Crippen molar-refractivity contribution in [3.8, 4) is 28.1 Å². The monoisotopic (exact) mass is 527 g/mol. The molecule has 1 fully saturated rings. The van der Waals surface area contributed by atoms with Crippen molar-refractivity contribution in [3.05, 3.63) is 35.5 Å². The van der Waals surface area contributed by atoms with Gasteiger partial charge in [-0.1, -0.05) is 0 Å². The molecule has 188 valence electrons. The minimum atomic E-state index is 0.339. The number of nitrogens with zero attached hydrogens (tertiary/aromatic N) is 5. The lowest BCUT2D eigenvalue weighted by atomic mass is 10.2. The highest BCUT2D eigenvalue weighted by Crippen LogP contribution is 2.38. The Morgan fingerprint density at radius 2 is 2.06 bits per heavy atom. The molecule has 1 aliphatic rings. The van der Waals surface area contributed by atoms with Gasteiger partial charge in [0.25, 0.3) is 5.19 Å². The van der Waals surface area contributed by atoms with E-state index in [1.54, 1.807) is 37.2 Å². The largest absolute Gasteiger partial charge is 0.496 e. The quantitative estimate of drug-likeness (QED) is 0.266. The summed E-state index contributed by atoms with van der Waals surface area (Å²) in [4.78, 5) is 12.5. The second-order valence-corrected chi connectivity index (χ2v) is 10.2. The van der Waals surface area contributed by atoms with Gasteiger partial charge < -0.3 is 28.3 Å². The van der Waals surface area contributed by atoms with Gasteiger partial charge in [-0.3, -0.25) is 0 Å². The molecule has 0 bridgehead atoms. The first-order valence-corrected chi connectivity index (χ1v) is 13.2. The lowest BCUT2D eigenvalue weighted by Gasteiger charge is -2.23. The number of aromatic nitrogens is 4. The average molecular weight is 528 g/mol. The summed E-state index contributed by atoms with van der Waals surface area (Å²) in [5, 5.41) is 8.79. The van der Waals surface area contributed by atoms with Gasteiger partial charge >= 0.3 is 0 Å². The van der Waals surface area contributed by atoms with E-state index in [2.05, 4.69) is 20.4 Å². The second-order valence-electron chi connectivity index (χ2n) is 8.43. The molecule has 1 aromatic carbocycles. The zero-order chi connectivity index (χ0) is 24.6. The van der Waals surface area contributed by atoms with Crippen molar-refractivity contribution >= 4 is 43.7 Å². The maximum atomic E-state index is 6.23. The Hall–Kier alpha value is -3.35. The fourth-order valence-corrected chi connectivity index (χ4v) is 6.04. The smallest absolute Gasteiger partial charge is 0.294 e. The molecule has 5 aromatic rings. The molecule has 0 N–H and O–H groups in total. The molecule has 0 radical (unpaired) electrons. The van der Waals surface area contributed by atoms with Crippen LogP contribution in [0.15, 0.2) is 34.2 Å². The highest BCUT2D eigenvalue weighted by molar-refractivity contribution is 7.18. The zero-order valence-electron chi connectivity index (χ0n) is 20.1. The molecule has 36 heavy (non-hydrogen) atoms. The zero-order valence-corrected chi connectivity index (χ0v) is 21.7. The lowest BCUT2D eigenvalue weighted by molar-refractivity contribution is 0.181. The Morgan fingerprint density at radius 3 is 2.86 bits per heavy atom. The summed E-state index contributed by atoms with van der Waals surface area (Å²) >= 11 is 3.01. The van der Waals surface area contributed by atoms with Crippen molar-refractivity contribution < 1.29 is 23.4 Å². The van der Waals surface area contributed by atoms with Crippen LogP contribution in [-0.2, 0) is 11.3 Å². The highest BCUT2D eigenvalue weighted by atomic mass is 32.1. The first kappa shape index (κ1) is 23.1. The van der Waals surface area contributed by atoms with Crippen molar-refractivity contribution in [2.45, 2.75) is 25.5 Å². The van der Waals surface area contributed by atoms with Crippen LogP contribution in [0, 0.1) is 0 Å². The molecule has 5 heterocycles. The number of methoxy groups -OCH3 is 3. The third-order valence-corrected chi connectivity index (χ3v) is 7.97. The minimum absolute atomic E-state index is 0.339. The van der Waals surface area contributed by atoms with Gasteiger partial charge in [0.2, 0.25) is 4.96 Å². The number of fused-ring (bicyclic) bond motifs is 2. The Morgan fingerprint density at radius 1 is 1.14 bits per heavy atom. The molecule has 0 aliphatic carbocycles. The molecular formula is C24H25N5O5S2. The van der Waals surface area contributed by atoms with E-state index in [-0.39, 0.29) is 0 Å². The number of thiazole rings is 1. The predicted octanol–water partition coefficient (Wildman–Crippen LogP) is 4.87. The van der Waals surface area contributed by atoms with E-state index in [1.807, 2.05) is 24.4 Å². The van der Waals surface area contributed by atoms with E-state index in [0.29, 0.717) is 53.0 Å². The molecule has 1 unspecified atom stereocenters. The van der Waals surface area contributed by atoms with Crippen LogP contribution in [0.2, 0.25) is 0 Å². The summed E-state index contributed by atoms with van der Waals surface area (Å²) in [5.74, 6) is 1.93. The number of ether oxygens (including phenoxy) is 4. The van der Waals surface area contributed by atoms with Gasteiger partial charge in [0.15, 0.2) is 10.9 Å². The van der Waals surface area contributed by atoms with Gasteiger partial charge in [0.1, 0.15) is 29.4 Å². The van der Waals surface area contributed by atoms with Crippen LogP contribution < -0.4 is 19.1 Å². The molecule has 0 amide bonds. The first-order chi connectivity index (χ1) is 17.6. The number of imidazole rings is 1. The topological polar surface area (TPSA) is 96.4 Å². The molecule has 6 rings (SSSR count). The first-order valence-electron chi connectivity index (χ1n) is 11.5. The van der Waals surface area contributed by atoms with Crippen molar-refractivity contribution in [1.29, 1.82) is 0 Å². The summed E-state index contributed by atoms with van der Waals surface area (Å²) < 4.78 is 30.1. The normalized spacial score (nSPS) is 15.9. The van der Waals surface area contributed by atoms with Crippen molar-refractivity contribution in [2.75, 3.05) is 39.4 Å². The average Bonchev–Trinajstić information content (AvgIpc) is 3.69. The molecule has 10 nitrogen and oxygen atoms in total. The number of hydrogen-bond acceptors (Lipinski definition) is 11. The summed E-state index contributed by atoms with van der Waals surface area (Å²) in [6, 6.07) is 6.02. The maximum Gasteiger partial charge on any atom is 0.294 e. The van der Waals surface area contributed by atoms with Crippen molar-refractivity contribution in [3.63, 3.8) is 0 Å². The van der Waals surface area contributed by atoms with Crippen molar-refractivity contribution in [1.82, 2.24) is 19.6 Å². The Bertz CT molecular complexity index is 1470. The molecule has 1 saturated heterocycles. The van der Waals surface area contributed by atoms with E-state index in [9.17, 15) is 0 Å². The predicted molar refractivity (Wildman–Crippen MR) is 138 cm³/mol. The number of furan rings is 1. The van der Waals surface area contributed by atoms with E-state index in [0.717, 1.165) is 40.6 Å². The van der Waals surface area contributed by atoms with E-state index < -0.39 is 0 Å². The highest BCUT2D eigenvalue weighted by Gasteiger charge is 2.27. The Kier molecular flexibility index (Phi) is 6.15. The third kappa shape index (κ3) is 4.25. The Balaban J connectivity index is 1.25. The lowest BCUT2D eigenvalue weighted by Crippen LogP contribution is -2.32. The van der Waals surface area contributed by atoms with Crippen LogP contribution in [0.3, 0.4) is 0 Å². The van der Waals surface area contributed by atoms with Crippen LogP contribution in [0.25, 0.3) is 27.4 Å². The number of hydrogen-bond donors (Lipinski definition) is 0. The van der Waals surface area contributed by atoms with Crippen LogP contribution >= 0.6 is 22.7 Å². The van der Waals surface area contributed by atoms with Crippen LogP contribution in [-0.4, -0.2) is 60.1 Å². The van der Waals surface area contributed by atoms with E-state index >= 15 is 0 Å². The molecule has 0 spiro atoms. The molecule has 0 saturated carbocycles. The molecule has 1 atom stereocenters. The summed E-state index contributed by atoms with van der Waals surface area (Å²) in [5.41, 5.74) is 2.21. The number of anilines is 1. The fraction of sp³-hybridized carbons (Fsp3) is 0.375. The van der Waals surface area contributed by atoms with Crippen molar-refractivity contribution in [2.24, 2.45) is 0 Å². The van der Waals surface area contributed by atoms with Crippen LogP contribution in [0.1, 0.15) is 18.5 Å². The molecule has 12 heteroatoms. The third-order valence-electron chi connectivity index (χ3n) is 6.16. The van der Waals surface area contributed by atoms with Crippen LogP contribution in [0.4, 0.5) is 5.13 Å². The summed E-state index contributed by atoms with van der Waals surface area (Å²) in [6.45, 7) is 2.06. The fourth-order valence-electron chi connectivity index (χ4n) is 4.43. The van der Waals surface area contributed by atoms with Gasteiger partial charge in [-0.05, 0) is 30.2 Å². The molecule has 1 aliphatic heterocycles. The summed E-state index contributed by atoms with van der Waals surface area (Å²) in [6.07, 6.45) is 4.10. The van der Waals surface area contributed by atoms with Gasteiger partial charge in [0.05, 0.1) is 44.1 Å². The SMILES string of the molecule is COCC1CCCN1c1nc(COc2cc(OC)cc3oc(-c4cn5nc(OC)sc5n4)cc23)cs1. The van der Waals surface area contributed by atoms with E-state index in [4.69, 9.17) is 28.3 Å². The second kappa shape index (κ2) is 9.60. The number of rotatable bonds is 9. The van der Waals surface area contributed by atoms with Gasteiger partial charge in [0, 0.05) is 31.2 Å².